The number of carbonyl (C=O) groups excluding carboxylic acids is 1. The van der Waals surface area contributed by atoms with Crippen molar-refractivity contribution in [1.29, 1.82) is 0 Å². The van der Waals surface area contributed by atoms with E-state index in [4.69, 9.17) is 4.74 Å². The van der Waals surface area contributed by atoms with E-state index >= 15 is 0 Å². The number of nitrogens with one attached hydrogen (secondary N) is 3. The molecular formula is C21H34FN5O2. The third-order valence-electron chi connectivity index (χ3n) is 5.35. The van der Waals surface area contributed by atoms with E-state index in [0.717, 1.165) is 45.7 Å². The standard InChI is InChI=1S/C21H34FN5O2/c1-4-16(5-2)19(27-10-12-29-13-11-27)14-24-21(23-3)25-15-20(28)26-18-8-6-17(22)7-9-18/h6-9,16,19H,4-5,10-15H2,1-3H3,(H,26,28)(H2,23,24,25). The molecule has 1 aromatic carbocycles. The molecule has 0 aromatic heterocycles. The second kappa shape index (κ2) is 12.4. The Morgan fingerprint density at radius 3 is 2.41 bits per heavy atom. The summed E-state index contributed by atoms with van der Waals surface area (Å²) in [6.45, 7) is 8.71. The quantitative estimate of drug-likeness (QED) is 0.432. The monoisotopic (exact) mass is 407 g/mol. The molecule has 7 nitrogen and oxygen atoms in total. The van der Waals surface area contributed by atoms with Crippen molar-refractivity contribution in [2.45, 2.75) is 32.7 Å². The lowest BCUT2D eigenvalue weighted by Gasteiger charge is -2.39. The SMILES string of the molecule is CCC(CC)C(CNC(=NC)NCC(=O)Nc1ccc(F)cc1)N1CCOCC1. The van der Waals surface area contributed by atoms with Crippen LogP contribution in [0.1, 0.15) is 26.7 Å². The van der Waals surface area contributed by atoms with Gasteiger partial charge < -0.3 is 20.7 Å². The van der Waals surface area contributed by atoms with Crippen LogP contribution in [0.4, 0.5) is 10.1 Å². The number of ether oxygens (including phenoxy) is 1. The zero-order valence-electron chi connectivity index (χ0n) is 17.7. The predicted molar refractivity (Wildman–Crippen MR) is 115 cm³/mol. The largest absolute Gasteiger partial charge is 0.379 e. The molecule has 162 valence electrons. The number of amides is 1. The Labute approximate surface area is 173 Å². The van der Waals surface area contributed by atoms with Crippen molar-refractivity contribution in [3.8, 4) is 0 Å². The lowest BCUT2D eigenvalue weighted by molar-refractivity contribution is -0.115. The number of guanidine groups is 1. The van der Waals surface area contributed by atoms with Crippen LogP contribution in [0.3, 0.4) is 0 Å². The van der Waals surface area contributed by atoms with E-state index < -0.39 is 0 Å². The molecule has 29 heavy (non-hydrogen) atoms. The fourth-order valence-corrected chi connectivity index (χ4v) is 3.66. The van der Waals surface area contributed by atoms with Crippen molar-refractivity contribution in [1.82, 2.24) is 15.5 Å². The maximum absolute atomic E-state index is 13.0. The first kappa shape index (κ1) is 23.1. The molecule has 0 radical (unpaired) electrons. The van der Waals surface area contributed by atoms with Gasteiger partial charge in [0.25, 0.3) is 0 Å². The van der Waals surface area contributed by atoms with E-state index in [9.17, 15) is 9.18 Å². The van der Waals surface area contributed by atoms with E-state index in [1.165, 1.54) is 24.3 Å². The normalized spacial score (nSPS) is 16.5. The number of carbonyl (C=O) groups is 1. The van der Waals surface area contributed by atoms with Crippen molar-refractivity contribution in [2.75, 3.05) is 51.8 Å². The smallest absolute Gasteiger partial charge is 0.243 e. The molecule has 1 fully saturated rings. The topological polar surface area (TPSA) is 78.0 Å². The van der Waals surface area contributed by atoms with Gasteiger partial charge in [0.05, 0.1) is 19.8 Å². The van der Waals surface area contributed by atoms with Gasteiger partial charge in [-0.2, -0.15) is 0 Å². The summed E-state index contributed by atoms with van der Waals surface area (Å²) in [7, 11) is 1.69. The van der Waals surface area contributed by atoms with Crippen molar-refractivity contribution in [3.05, 3.63) is 30.1 Å². The molecule has 1 heterocycles. The van der Waals surface area contributed by atoms with Gasteiger partial charge in [-0.05, 0) is 30.2 Å². The maximum Gasteiger partial charge on any atom is 0.243 e. The molecule has 0 bridgehead atoms. The summed E-state index contributed by atoms with van der Waals surface area (Å²) >= 11 is 0. The number of hydrogen-bond acceptors (Lipinski definition) is 4. The van der Waals surface area contributed by atoms with Crippen LogP contribution in [0.5, 0.6) is 0 Å². The van der Waals surface area contributed by atoms with Gasteiger partial charge in [-0.25, -0.2) is 4.39 Å². The van der Waals surface area contributed by atoms with E-state index in [1.807, 2.05) is 0 Å². The van der Waals surface area contributed by atoms with Gasteiger partial charge in [-0.15, -0.1) is 0 Å². The van der Waals surface area contributed by atoms with Crippen LogP contribution in [0, 0.1) is 11.7 Å². The van der Waals surface area contributed by atoms with Crippen molar-refractivity contribution in [3.63, 3.8) is 0 Å². The third-order valence-corrected chi connectivity index (χ3v) is 5.35. The second-order valence-electron chi connectivity index (χ2n) is 7.15. The van der Waals surface area contributed by atoms with Gasteiger partial charge in [0.2, 0.25) is 5.91 Å². The fourth-order valence-electron chi connectivity index (χ4n) is 3.66. The zero-order valence-corrected chi connectivity index (χ0v) is 17.7. The summed E-state index contributed by atoms with van der Waals surface area (Å²) < 4.78 is 18.5. The van der Waals surface area contributed by atoms with Crippen LogP contribution in [-0.2, 0) is 9.53 Å². The molecule has 1 amide bonds. The highest BCUT2D eigenvalue weighted by molar-refractivity contribution is 5.94. The first-order chi connectivity index (χ1) is 14.1. The van der Waals surface area contributed by atoms with Gasteiger partial charge in [0.15, 0.2) is 5.96 Å². The number of morpholine rings is 1. The van der Waals surface area contributed by atoms with Crippen LogP contribution in [0.2, 0.25) is 0 Å². The lowest BCUT2D eigenvalue weighted by Crippen LogP contribution is -2.53. The van der Waals surface area contributed by atoms with E-state index in [2.05, 4.69) is 39.7 Å². The summed E-state index contributed by atoms with van der Waals surface area (Å²) in [5, 5.41) is 9.14. The van der Waals surface area contributed by atoms with Crippen molar-refractivity contribution < 1.29 is 13.9 Å². The number of halogens is 1. The minimum absolute atomic E-state index is 0.0737. The molecule has 8 heteroatoms. The summed E-state index contributed by atoms with van der Waals surface area (Å²) in [4.78, 5) is 18.8. The molecule has 1 aromatic rings. The Hall–Kier alpha value is -2.19. The third kappa shape index (κ3) is 7.62. The predicted octanol–water partition coefficient (Wildman–Crippen LogP) is 2.07. The van der Waals surface area contributed by atoms with Crippen LogP contribution in [-0.4, -0.2) is 69.2 Å². The molecule has 1 atom stereocenters. The Balaban J connectivity index is 1.84. The molecule has 3 N–H and O–H groups in total. The van der Waals surface area contributed by atoms with Gasteiger partial charge in [0, 0.05) is 38.4 Å². The average molecular weight is 408 g/mol. The summed E-state index contributed by atoms with van der Waals surface area (Å²) in [6, 6.07) is 6.08. The van der Waals surface area contributed by atoms with Crippen LogP contribution >= 0.6 is 0 Å². The minimum Gasteiger partial charge on any atom is -0.379 e. The Bertz CT molecular complexity index is 643. The highest BCUT2D eigenvalue weighted by atomic mass is 19.1. The number of anilines is 1. The molecule has 0 spiro atoms. The minimum atomic E-state index is -0.335. The Morgan fingerprint density at radius 2 is 1.83 bits per heavy atom. The summed E-state index contributed by atoms with van der Waals surface area (Å²) in [6.07, 6.45) is 2.23. The summed E-state index contributed by atoms with van der Waals surface area (Å²) in [5.74, 6) is 0.617. The van der Waals surface area contributed by atoms with E-state index in [-0.39, 0.29) is 18.3 Å². The average Bonchev–Trinajstić information content (AvgIpc) is 2.75. The first-order valence-electron chi connectivity index (χ1n) is 10.4. The van der Waals surface area contributed by atoms with Crippen LogP contribution in [0.25, 0.3) is 0 Å². The maximum atomic E-state index is 13.0. The van der Waals surface area contributed by atoms with Gasteiger partial charge in [0.1, 0.15) is 5.82 Å². The first-order valence-corrected chi connectivity index (χ1v) is 10.4. The second-order valence-corrected chi connectivity index (χ2v) is 7.15. The molecule has 0 saturated carbocycles. The molecule has 0 aliphatic carbocycles. The number of rotatable bonds is 9. The highest BCUT2D eigenvalue weighted by Gasteiger charge is 2.27. The number of hydrogen-bond donors (Lipinski definition) is 3. The molecule has 1 aliphatic rings. The van der Waals surface area contributed by atoms with Crippen LogP contribution in [0.15, 0.2) is 29.3 Å². The molecule has 1 unspecified atom stereocenters. The number of benzene rings is 1. The number of aliphatic imine (C=N–C) groups is 1. The molecule has 1 aliphatic heterocycles. The van der Waals surface area contributed by atoms with Gasteiger partial charge >= 0.3 is 0 Å². The molecular weight excluding hydrogens is 373 g/mol. The lowest BCUT2D eigenvalue weighted by atomic mass is 9.92. The van der Waals surface area contributed by atoms with Crippen molar-refractivity contribution in [2.24, 2.45) is 10.9 Å². The summed E-state index contributed by atoms with van der Waals surface area (Å²) in [5.41, 5.74) is 0.558. The van der Waals surface area contributed by atoms with Crippen LogP contribution < -0.4 is 16.0 Å². The molecule has 1 saturated heterocycles. The van der Waals surface area contributed by atoms with Gasteiger partial charge in [-0.3, -0.25) is 14.7 Å². The number of nitrogens with zero attached hydrogens (tertiary/aromatic N) is 2. The zero-order chi connectivity index (χ0) is 21.1. The fraction of sp³-hybridized carbons (Fsp3) is 0.619. The van der Waals surface area contributed by atoms with E-state index in [0.29, 0.717) is 23.6 Å². The Kier molecular flexibility index (Phi) is 9.87. The van der Waals surface area contributed by atoms with Gasteiger partial charge in [-0.1, -0.05) is 26.7 Å². The molecule has 2 rings (SSSR count). The Morgan fingerprint density at radius 1 is 1.17 bits per heavy atom. The highest BCUT2D eigenvalue weighted by Crippen LogP contribution is 2.19. The van der Waals surface area contributed by atoms with Crippen molar-refractivity contribution >= 4 is 17.6 Å². The van der Waals surface area contributed by atoms with E-state index in [1.54, 1.807) is 7.05 Å².